The molecule has 2 aliphatic carbocycles. The number of hydrogen-bond acceptors (Lipinski definition) is 4. The molecule has 4 rings (SSSR count). The lowest BCUT2D eigenvalue weighted by atomic mass is 9.84. The molecule has 0 radical (unpaired) electrons. The average Bonchev–Trinajstić information content (AvgIpc) is 3.00. The first-order valence-electron chi connectivity index (χ1n) is 9.47. The Morgan fingerprint density at radius 3 is 2.19 bits per heavy atom. The third-order valence-electron chi connectivity index (χ3n) is 5.72. The highest BCUT2D eigenvalue weighted by molar-refractivity contribution is 5.79. The molecule has 140 valence electrons. The van der Waals surface area contributed by atoms with Crippen molar-refractivity contribution in [2.45, 2.75) is 37.6 Å². The zero-order valence-corrected chi connectivity index (χ0v) is 15.0. The number of alkyl carbamates (subject to hydrolysis) is 1. The van der Waals surface area contributed by atoms with Gasteiger partial charge in [0, 0.05) is 23.8 Å². The molecule has 1 amide bonds. The minimum atomic E-state index is -1.10. The summed E-state index contributed by atoms with van der Waals surface area (Å²) in [5.74, 6) is -1.75. The molecule has 2 atom stereocenters. The Morgan fingerprint density at radius 1 is 0.963 bits per heavy atom. The molecule has 2 aromatic carbocycles. The molecule has 1 N–H and O–H groups in total. The van der Waals surface area contributed by atoms with Gasteiger partial charge in [-0.3, -0.25) is 0 Å². The summed E-state index contributed by atoms with van der Waals surface area (Å²) in [6.07, 6.45) is 2.37. The largest absolute Gasteiger partial charge is 0.550 e. The van der Waals surface area contributed by atoms with Crippen LogP contribution in [0, 0.1) is 5.92 Å². The molecule has 0 aromatic heterocycles. The Kier molecular flexibility index (Phi) is 4.84. The first-order chi connectivity index (χ1) is 13.1. The van der Waals surface area contributed by atoms with Gasteiger partial charge < -0.3 is 20.0 Å². The van der Waals surface area contributed by atoms with Gasteiger partial charge in [-0.25, -0.2) is 4.79 Å². The molecule has 0 saturated heterocycles. The van der Waals surface area contributed by atoms with Gasteiger partial charge in [-0.2, -0.15) is 0 Å². The van der Waals surface area contributed by atoms with Crippen LogP contribution in [0.1, 0.15) is 42.7 Å². The molecule has 27 heavy (non-hydrogen) atoms. The zero-order chi connectivity index (χ0) is 18.8. The van der Waals surface area contributed by atoms with E-state index < -0.39 is 24.0 Å². The molecule has 2 aliphatic rings. The lowest BCUT2D eigenvalue weighted by Gasteiger charge is -2.32. The second kappa shape index (κ2) is 7.43. The summed E-state index contributed by atoms with van der Waals surface area (Å²) in [6.45, 7) is 0.225. The Balaban J connectivity index is 1.44. The molecule has 0 aliphatic heterocycles. The molecule has 0 spiro atoms. The molecule has 0 bridgehead atoms. The van der Waals surface area contributed by atoms with Gasteiger partial charge >= 0.3 is 6.09 Å². The molecular weight excluding hydrogens is 342 g/mol. The number of rotatable bonds is 4. The maximum atomic E-state index is 12.3. The number of carboxylic acid groups (broad SMARTS) is 1. The molecule has 1 fully saturated rings. The van der Waals surface area contributed by atoms with Crippen LogP contribution in [0.5, 0.6) is 0 Å². The lowest BCUT2D eigenvalue weighted by Crippen LogP contribution is -2.49. The number of nitrogens with one attached hydrogen (secondary N) is 1. The second-order valence-corrected chi connectivity index (χ2v) is 7.29. The second-order valence-electron chi connectivity index (χ2n) is 7.29. The van der Waals surface area contributed by atoms with E-state index >= 15 is 0 Å². The van der Waals surface area contributed by atoms with Crippen LogP contribution in [0.15, 0.2) is 48.5 Å². The van der Waals surface area contributed by atoms with Gasteiger partial charge in [-0.1, -0.05) is 61.4 Å². The van der Waals surface area contributed by atoms with Crippen molar-refractivity contribution in [3.63, 3.8) is 0 Å². The summed E-state index contributed by atoms with van der Waals surface area (Å²) in [6, 6.07) is 15.9. The number of fused-ring (bicyclic) bond motifs is 3. The van der Waals surface area contributed by atoms with Crippen LogP contribution in [-0.2, 0) is 9.53 Å². The van der Waals surface area contributed by atoms with Gasteiger partial charge in [0.25, 0.3) is 0 Å². The molecular formula is C22H22NO4-. The highest BCUT2D eigenvalue weighted by Crippen LogP contribution is 2.44. The summed E-state index contributed by atoms with van der Waals surface area (Å²) in [7, 11) is 0. The zero-order valence-electron chi connectivity index (χ0n) is 15.0. The number of carbonyl (C=O) groups is 2. The van der Waals surface area contributed by atoms with Crippen LogP contribution in [0.4, 0.5) is 4.79 Å². The van der Waals surface area contributed by atoms with Crippen molar-refractivity contribution in [1.29, 1.82) is 0 Å². The number of aliphatic carboxylic acids is 1. The van der Waals surface area contributed by atoms with E-state index in [2.05, 4.69) is 29.6 Å². The van der Waals surface area contributed by atoms with Crippen LogP contribution in [-0.4, -0.2) is 24.7 Å². The van der Waals surface area contributed by atoms with Crippen molar-refractivity contribution < 1.29 is 19.4 Å². The quantitative estimate of drug-likeness (QED) is 0.905. The summed E-state index contributed by atoms with van der Waals surface area (Å²) in [4.78, 5) is 23.6. The molecule has 0 heterocycles. The molecule has 1 saturated carbocycles. The van der Waals surface area contributed by atoms with E-state index in [4.69, 9.17) is 4.74 Å². The Hall–Kier alpha value is -2.82. The van der Waals surface area contributed by atoms with E-state index in [1.807, 2.05) is 24.3 Å². The number of carboxylic acids is 1. The van der Waals surface area contributed by atoms with Gasteiger partial charge in [0.2, 0.25) is 0 Å². The smallest absolute Gasteiger partial charge is 0.407 e. The van der Waals surface area contributed by atoms with Gasteiger partial charge in [0.05, 0.1) is 0 Å². The van der Waals surface area contributed by atoms with Crippen LogP contribution in [0.25, 0.3) is 11.1 Å². The summed E-state index contributed by atoms with van der Waals surface area (Å²) < 4.78 is 5.51. The van der Waals surface area contributed by atoms with E-state index in [-0.39, 0.29) is 12.5 Å². The monoisotopic (exact) mass is 364 g/mol. The Morgan fingerprint density at radius 2 is 1.56 bits per heavy atom. The van der Waals surface area contributed by atoms with Gasteiger partial charge in [-0.05, 0) is 35.1 Å². The van der Waals surface area contributed by atoms with Crippen LogP contribution < -0.4 is 10.4 Å². The fraction of sp³-hybridized carbons (Fsp3) is 0.364. The van der Waals surface area contributed by atoms with E-state index in [1.165, 1.54) is 11.1 Å². The lowest BCUT2D eigenvalue weighted by molar-refractivity contribution is -0.313. The summed E-state index contributed by atoms with van der Waals surface area (Å²) >= 11 is 0. The molecule has 2 aromatic rings. The fourth-order valence-electron chi connectivity index (χ4n) is 4.38. The first kappa shape index (κ1) is 17.6. The Bertz CT molecular complexity index is 817. The normalized spacial score (nSPS) is 21.2. The molecule has 5 nitrogen and oxygen atoms in total. The predicted molar refractivity (Wildman–Crippen MR) is 99.0 cm³/mol. The van der Waals surface area contributed by atoms with Crippen molar-refractivity contribution in [3.05, 3.63) is 59.7 Å². The molecule has 0 unspecified atom stereocenters. The highest BCUT2D eigenvalue weighted by Gasteiger charge is 2.31. The number of amides is 1. The highest BCUT2D eigenvalue weighted by atomic mass is 16.5. The SMILES string of the molecule is O=C(N[C@H]1CCCC[C@@H]1C(=O)[O-])OCC1c2ccccc2-c2ccccc21. The van der Waals surface area contributed by atoms with E-state index in [0.717, 1.165) is 24.0 Å². The van der Waals surface area contributed by atoms with E-state index in [9.17, 15) is 14.7 Å². The number of carbonyl (C=O) groups excluding carboxylic acids is 2. The Labute approximate surface area is 158 Å². The fourth-order valence-corrected chi connectivity index (χ4v) is 4.38. The molecule has 5 heteroatoms. The maximum Gasteiger partial charge on any atom is 0.407 e. The van der Waals surface area contributed by atoms with Crippen LogP contribution >= 0.6 is 0 Å². The number of ether oxygens (including phenoxy) is 1. The number of benzene rings is 2. The third-order valence-corrected chi connectivity index (χ3v) is 5.72. The van der Waals surface area contributed by atoms with Gasteiger partial charge in [0.1, 0.15) is 6.61 Å². The van der Waals surface area contributed by atoms with E-state index in [0.29, 0.717) is 12.8 Å². The average molecular weight is 364 g/mol. The van der Waals surface area contributed by atoms with Crippen LogP contribution in [0.2, 0.25) is 0 Å². The van der Waals surface area contributed by atoms with Crippen molar-refractivity contribution in [3.8, 4) is 11.1 Å². The predicted octanol–water partition coefficient (Wildman–Crippen LogP) is 2.83. The van der Waals surface area contributed by atoms with Gasteiger partial charge in [0.15, 0.2) is 0 Å². The summed E-state index contributed by atoms with van der Waals surface area (Å²) in [5, 5.41) is 14.0. The maximum absolute atomic E-state index is 12.3. The van der Waals surface area contributed by atoms with Crippen molar-refractivity contribution in [2.24, 2.45) is 5.92 Å². The number of hydrogen-bond donors (Lipinski definition) is 1. The van der Waals surface area contributed by atoms with Crippen molar-refractivity contribution >= 4 is 12.1 Å². The minimum Gasteiger partial charge on any atom is -0.550 e. The topological polar surface area (TPSA) is 78.5 Å². The third kappa shape index (κ3) is 3.42. The standard InChI is InChI=1S/C22H23NO4/c24-21(25)18-11-5-6-12-20(18)23-22(26)27-13-19-16-9-3-1-7-14(16)15-8-2-4-10-17(15)19/h1-4,7-10,18-20H,5-6,11-13H2,(H,23,26)(H,24,25)/p-1/t18-,20-/m0/s1. The van der Waals surface area contributed by atoms with Crippen molar-refractivity contribution in [1.82, 2.24) is 5.32 Å². The first-order valence-corrected chi connectivity index (χ1v) is 9.47. The minimum absolute atomic E-state index is 0.00792. The van der Waals surface area contributed by atoms with Crippen molar-refractivity contribution in [2.75, 3.05) is 6.61 Å². The van der Waals surface area contributed by atoms with Gasteiger partial charge in [-0.15, -0.1) is 0 Å². The van der Waals surface area contributed by atoms with Crippen LogP contribution in [0.3, 0.4) is 0 Å². The van der Waals surface area contributed by atoms with E-state index in [1.54, 1.807) is 0 Å². The summed E-state index contributed by atoms with van der Waals surface area (Å²) in [5.41, 5.74) is 4.64.